The van der Waals surface area contributed by atoms with Crippen LogP contribution < -0.4 is 11.3 Å². The van der Waals surface area contributed by atoms with E-state index >= 15 is 0 Å². The smallest absolute Gasteiger partial charge is 0.0889 e. The van der Waals surface area contributed by atoms with Crippen molar-refractivity contribution in [1.82, 2.24) is 5.43 Å². The van der Waals surface area contributed by atoms with Crippen molar-refractivity contribution in [3.8, 4) is 0 Å². The topological polar surface area (TPSA) is 47.3 Å². The summed E-state index contributed by atoms with van der Waals surface area (Å²) >= 11 is 0. The quantitative estimate of drug-likeness (QED) is 0.592. The van der Waals surface area contributed by atoms with Crippen LogP contribution in [0.2, 0.25) is 0 Å². The molecule has 0 aromatic heterocycles. The lowest BCUT2D eigenvalue weighted by Gasteiger charge is -2.37. The van der Waals surface area contributed by atoms with E-state index in [1.165, 1.54) is 30.4 Å². The van der Waals surface area contributed by atoms with Crippen molar-refractivity contribution < 1.29 is 4.74 Å². The minimum absolute atomic E-state index is 0.0850. The number of hydrogen-bond acceptors (Lipinski definition) is 3. The molecule has 3 nitrogen and oxygen atoms in total. The normalized spacial score (nSPS) is 19.1. The van der Waals surface area contributed by atoms with Crippen LogP contribution >= 0.6 is 0 Å². The molecule has 0 heterocycles. The van der Waals surface area contributed by atoms with Gasteiger partial charge in [-0.25, -0.2) is 0 Å². The monoisotopic (exact) mass is 276 g/mol. The fraction of sp³-hybridized carbons (Fsp3) is 0.647. The first-order valence-corrected chi connectivity index (χ1v) is 7.94. The lowest BCUT2D eigenvalue weighted by atomic mass is 9.86. The van der Waals surface area contributed by atoms with Crippen molar-refractivity contribution in [1.29, 1.82) is 0 Å². The Balaban J connectivity index is 2.28. The van der Waals surface area contributed by atoms with E-state index in [0.717, 1.165) is 25.9 Å². The lowest BCUT2D eigenvalue weighted by molar-refractivity contribution is -0.0627. The molecule has 1 aliphatic rings. The van der Waals surface area contributed by atoms with Crippen molar-refractivity contribution in [2.75, 3.05) is 6.61 Å². The molecule has 0 aliphatic heterocycles. The van der Waals surface area contributed by atoms with E-state index in [1.807, 2.05) is 0 Å². The number of aryl methyl sites for hydroxylation is 1. The summed E-state index contributed by atoms with van der Waals surface area (Å²) in [5.41, 5.74) is 5.54. The Labute approximate surface area is 122 Å². The molecule has 0 radical (unpaired) electrons. The fourth-order valence-electron chi connectivity index (χ4n) is 3.55. The Morgan fingerprint density at radius 3 is 2.65 bits per heavy atom. The highest BCUT2D eigenvalue weighted by molar-refractivity contribution is 5.28. The van der Waals surface area contributed by atoms with E-state index in [1.54, 1.807) is 0 Å². The molecule has 1 saturated carbocycles. The van der Waals surface area contributed by atoms with E-state index < -0.39 is 0 Å². The number of ether oxygens (including phenoxy) is 1. The van der Waals surface area contributed by atoms with Gasteiger partial charge in [-0.2, -0.15) is 0 Å². The van der Waals surface area contributed by atoms with Crippen molar-refractivity contribution in [3.05, 3.63) is 35.4 Å². The van der Waals surface area contributed by atoms with Gasteiger partial charge in [0.1, 0.15) is 0 Å². The second-order valence-electron chi connectivity index (χ2n) is 5.80. The van der Waals surface area contributed by atoms with Gasteiger partial charge < -0.3 is 4.74 Å². The van der Waals surface area contributed by atoms with Crippen molar-refractivity contribution in [2.45, 2.75) is 64.0 Å². The molecule has 2 rings (SSSR count). The number of benzene rings is 1. The largest absolute Gasteiger partial charge is 0.373 e. The first kappa shape index (κ1) is 15.5. The molecule has 1 aliphatic carbocycles. The third-order valence-corrected chi connectivity index (χ3v) is 4.40. The zero-order valence-corrected chi connectivity index (χ0v) is 12.8. The average Bonchev–Trinajstić information content (AvgIpc) is 2.90. The summed E-state index contributed by atoms with van der Waals surface area (Å²) in [6.45, 7) is 5.03. The molecule has 1 unspecified atom stereocenters. The van der Waals surface area contributed by atoms with Crippen LogP contribution in [0, 0.1) is 0 Å². The Bertz CT molecular complexity index is 413. The van der Waals surface area contributed by atoms with Crippen LogP contribution in [0.1, 0.15) is 63.1 Å². The first-order chi connectivity index (χ1) is 9.75. The molecule has 3 heteroatoms. The highest BCUT2D eigenvalue weighted by Gasteiger charge is 2.42. The van der Waals surface area contributed by atoms with Gasteiger partial charge in [-0.15, -0.1) is 0 Å². The van der Waals surface area contributed by atoms with Crippen LogP contribution in [0.4, 0.5) is 0 Å². The van der Waals surface area contributed by atoms with Crippen molar-refractivity contribution >= 4 is 0 Å². The summed E-state index contributed by atoms with van der Waals surface area (Å²) in [6.07, 6.45) is 6.93. The standard InChI is InChI=1S/C17H28N2O/c1-3-8-14-9-7-10-15(13-14)16(19-18)17(20-4-2)11-5-6-12-17/h7,9-10,13,16,19H,3-6,8,11-12,18H2,1-2H3. The van der Waals surface area contributed by atoms with Gasteiger partial charge in [0.05, 0.1) is 11.6 Å². The van der Waals surface area contributed by atoms with Crippen LogP contribution in [-0.4, -0.2) is 12.2 Å². The molecule has 112 valence electrons. The maximum atomic E-state index is 6.16. The molecule has 0 spiro atoms. The zero-order valence-electron chi connectivity index (χ0n) is 12.8. The second-order valence-corrected chi connectivity index (χ2v) is 5.80. The maximum absolute atomic E-state index is 6.16. The molecular formula is C17H28N2O. The predicted molar refractivity (Wildman–Crippen MR) is 83.3 cm³/mol. The molecule has 20 heavy (non-hydrogen) atoms. The third-order valence-electron chi connectivity index (χ3n) is 4.40. The van der Waals surface area contributed by atoms with Crippen LogP contribution in [0.5, 0.6) is 0 Å². The van der Waals surface area contributed by atoms with Gasteiger partial charge in [-0.3, -0.25) is 11.3 Å². The SMILES string of the molecule is CCCc1cccc(C(NN)C2(OCC)CCCC2)c1. The molecule has 0 bridgehead atoms. The third kappa shape index (κ3) is 3.22. The Kier molecular flexibility index (Phi) is 5.58. The number of hydrazine groups is 1. The summed E-state index contributed by atoms with van der Waals surface area (Å²) < 4.78 is 6.16. The molecule has 0 saturated heterocycles. The summed E-state index contributed by atoms with van der Waals surface area (Å²) in [5.74, 6) is 5.89. The molecule has 1 aromatic carbocycles. The summed E-state index contributed by atoms with van der Waals surface area (Å²) in [6, 6.07) is 8.87. The van der Waals surface area contributed by atoms with Gasteiger partial charge in [0.25, 0.3) is 0 Å². The van der Waals surface area contributed by atoms with Crippen LogP contribution in [-0.2, 0) is 11.2 Å². The van der Waals surface area contributed by atoms with Gasteiger partial charge in [-0.05, 0) is 37.3 Å². The predicted octanol–water partition coefficient (Wildman–Crippen LogP) is 3.49. The lowest BCUT2D eigenvalue weighted by Crippen LogP contribution is -2.47. The first-order valence-electron chi connectivity index (χ1n) is 7.94. The van der Waals surface area contributed by atoms with Crippen LogP contribution in [0.25, 0.3) is 0 Å². The summed E-state index contributed by atoms with van der Waals surface area (Å²) in [7, 11) is 0. The number of nitrogens with one attached hydrogen (secondary N) is 1. The Morgan fingerprint density at radius 1 is 1.30 bits per heavy atom. The zero-order chi connectivity index (χ0) is 14.4. The van der Waals surface area contributed by atoms with Gasteiger partial charge in [-0.1, -0.05) is 50.5 Å². The molecule has 1 fully saturated rings. The van der Waals surface area contributed by atoms with Crippen LogP contribution in [0.3, 0.4) is 0 Å². The van der Waals surface area contributed by atoms with Gasteiger partial charge in [0.15, 0.2) is 0 Å². The van der Waals surface area contributed by atoms with Crippen LogP contribution in [0.15, 0.2) is 24.3 Å². The molecular weight excluding hydrogens is 248 g/mol. The highest BCUT2D eigenvalue weighted by atomic mass is 16.5. The molecule has 3 N–H and O–H groups in total. The van der Waals surface area contributed by atoms with E-state index in [0.29, 0.717) is 0 Å². The summed E-state index contributed by atoms with van der Waals surface area (Å²) in [4.78, 5) is 0. The Morgan fingerprint density at radius 2 is 2.05 bits per heavy atom. The number of hydrogen-bond donors (Lipinski definition) is 2. The number of nitrogens with two attached hydrogens (primary N) is 1. The molecule has 1 atom stereocenters. The van der Waals surface area contributed by atoms with Crippen molar-refractivity contribution in [3.63, 3.8) is 0 Å². The average molecular weight is 276 g/mol. The summed E-state index contributed by atoms with van der Waals surface area (Å²) in [5, 5.41) is 0. The fourth-order valence-corrected chi connectivity index (χ4v) is 3.55. The number of rotatable bonds is 7. The van der Waals surface area contributed by atoms with E-state index in [9.17, 15) is 0 Å². The second kappa shape index (κ2) is 7.21. The molecule has 1 aromatic rings. The van der Waals surface area contributed by atoms with Gasteiger partial charge in [0, 0.05) is 6.61 Å². The van der Waals surface area contributed by atoms with Gasteiger partial charge >= 0.3 is 0 Å². The minimum atomic E-state index is -0.131. The van der Waals surface area contributed by atoms with Gasteiger partial charge in [0.2, 0.25) is 0 Å². The minimum Gasteiger partial charge on any atom is -0.373 e. The van der Waals surface area contributed by atoms with E-state index in [2.05, 4.69) is 43.5 Å². The van der Waals surface area contributed by atoms with E-state index in [-0.39, 0.29) is 11.6 Å². The molecule has 0 amide bonds. The Hall–Kier alpha value is -0.900. The van der Waals surface area contributed by atoms with E-state index in [4.69, 9.17) is 10.6 Å². The highest BCUT2D eigenvalue weighted by Crippen LogP contribution is 2.42. The van der Waals surface area contributed by atoms with Crippen molar-refractivity contribution in [2.24, 2.45) is 5.84 Å². The maximum Gasteiger partial charge on any atom is 0.0889 e.